The van der Waals surface area contributed by atoms with Gasteiger partial charge in [0.15, 0.2) is 17.5 Å². The second-order valence-electron chi connectivity index (χ2n) is 16.9. The molecule has 0 aliphatic carbocycles. The molecule has 0 aliphatic rings. The summed E-state index contributed by atoms with van der Waals surface area (Å²) in [6.07, 6.45) is 0. The molecule has 0 fully saturated rings. The van der Waals surface area contributed by atoms with Crippen LogP contribution >= 0.6 is 11.3 Å². The fraction of sp³-hybridized carbons (Fsp3) is 0. The van der Waals surface area contributed by atoms with Gasteiger partial charge in [0, 0.05) is 48.2 Å². The first-order valence-electron chi connectivity index (χ1n) is 22.5. The van der Waals surface area contributed by atoms with E-state index in [-0.39, 0.29) is 0 Å². The molecule has 13 aromatic rings. The molecule has 312 valence electrons. The summed E-state index contributed by atoms with van der Waals surface area (Å²) in [5.74, 6) is 1.86. The van der Waals surface area contributed by atoms with E-state index in [9.17, 15) is 0 Å². The fourth-order valence-corrected chi connectivity index (χ4v) is 11.1. The lowest BCUT2D eigenvalue weighted by atomic mass is 9.91. The summed E-state index contributed by atoms with van der Waals surface area (Å²) in [5, 5.41) is 9.83. The lowest BCUT2D eigenvalue weighted by Gasteiger charge is -2.13. The monoisotopic (exact) mass is 870 g/mol. The van der Waals surface area contributed by atoms with E-state index in [0.29, 0.717) is 17.5 Å². The number of rotatable bonds is 7. The fourth-order valence-electron chi connectivity index (χ4n) is 9.72. The molecule has 5 heteroatoms. The predicted molar refractivity (Wildman–Crippen MR) is 281 cm³/mol. The zero-order valence-electron chi connectivity index (χ0n) is 36.1. The van der Waals surface area contributed by atoms with E-state index >= 15 is 0 Å². The summed E-state index contributed by atoms with van der Waals surface area (Å²) in [6, 6.07) is 81.6. The second-order valence-corrected chi connectivity index (χ2v) is 17.9. The van der Waals surface area contributed by atoms with Crippen LogP contribution < -0.4 is 0 Å². The minimum Gasteiger partial charge on any atom is -0.247 e. The van der Waals surface area contributed by atoms with Crippen LogP contribution in [0.25, 0.3) is 131 Å². The molecular weight excluding hydrogens is 833 g/mol. The van der Waals surface area contributed by atoms with E-state index in [1.165, 1.54) is 47.5 Å². The number of aromatic nitrogens is 4. The highest BCUT2D eigenvalue weighted by Crippen LogP contribution is 2.51. The molecule has 67 heavy (non-hydrogen) atoms. The third-order valence-electron chi connectivity index (χ3n) is 12.9. The summed E-state index contributed by atoms with van der Waals surface area (Å²) >= 11 is 1.85. The quantitative estimate of drug-likeness (QED) is 0.150. The predicted octanol–water partition coefficient (Wildman–Crippen LogP) is 16.8. The summed E-state index contributed by atoms with van der Waals surface area (Å²) in [4.78, 5) is 22.0. The van der Waals surface area contributed by atoms with Gasteiger partial charge in [-0.1, -0.05) is 212 Å². The number of benzene rings is 10. The SMILES string of the molecule is c1ccc(-c2cccc(-c3nc(-c4ccccc4)nc(-c4ccc(-c5c(-c6ccc7c8ccccc8c8ccccc8c7c6)sc6c5c(-c5ccccc5)nc5ccccc56)cc4)n3)c2)cc1. The van der Waals surface area contributed by atoms with Crippen molar-refractivity contribution in [2.45, 2.75) is 0 Å². The third kappa shape index (κ3) is 6.75. The first kappa shape index (κ1) is 38.8. The van der Waals surface area contributed by atoms with Crippen LogP contribution in [0.5, 0.6) is 0 Å². The first-order valence-corrected chi connectivity index (χ1v) is 23.4. The van der Waals surface area contributed by atoms with Crippen LogP contribution in [0.2, 0.25) is 0 Å². The normalized spacial score (nSPS) is 11.6. The van der Waals surface area contributed by atoms with Gasteiger partial charge in [-0.05, 0) is 72.8 Å². The van der Waals surface area contributed by atoms with Crippen LogP contribution in [-0.2, 0) is 0 Å². The highest BCUT2D eigenvalue weighted by atomic mass is 32.1. The van der Waals surface area contributed by atoms with Crippen LogP contribution in [0, 0.1) is 0 Å². The number of nitrogens with zero attached hydrogens (tertiary/aromatic N) is 4. The molecule has 0 aliphatic heterocycles. The molecule has 0 spiro atoms. The van der Waals surface area contributed by atoms with E-state index in [1.54, 1.807) is 0 Å². The molecule has 0 bridgehead atoms. The number of fused-ring (bicyclic) bond motifs is 9. The van der Waals surface area contributed by atoms with Crippen LogP contribution in [0.4, 0.5) is 0 Å². The second kappa shape index (κ2) is 16.1. The maximum Gasteiger partial charge on any atom is 0.164 e. The van der Waals surface area contributed by atoms with Gasteiger partial charge >= 0.3 is 0 Å². The van der Waals surface area contributed by atoms with Crippen molar-refractivity contribution in [1.29, 1.82) is 0 Å². The Morgan fingerprint density at radius 1 is 0.269 bits per heavy atom. The number of thiophene rings is 1. The van der Waals surface area contributed by atoms with Gasteiger partial charge < -0.3 is 0 Å². The standard InChI is InChI=1S/C62H38N4S/c1-4-17-39(18-5-1)44-23-16-24-46(37-44)62-65-60(42-21-8-3-9-22-42)64-61(66-62)43-33-31-40(32-34-43)55-56-57(41-19-6-2-7-20-41)63-54-30-15-14-29-52(54)59(56)67-58(55)45-35-36-51-49-27-11-10-25-47(49)48-26-12-13-28-50(48)53(51)38-45/h1-38H. The Balaban J connectivity index is 1.03. The van der Waals surface area contributed by atoms with Crippen LogP contribution in [0.1, 0.15) is 0 Å². The molecular formula is C62H38N4S. The molecule has 0 amide bonds. The highest BCUT2D eigenvalue weighted by molar-refractivity contribution is 7.24. The molecule has 0 N–H and O–H groups in total. The Hall–Kier alpha value is -8.64. The Kier molecular flexibility index (Phi) is 9.32. The minimum absolute atomic E-state index is 0.613. The molecule has 13 rings (SSSR count). The van der Waals surface area contributed by atoms with Gasteiger partial charge in [0.25, 0.3) is 0 Å². The smallest absolute Gasteiger partial charge is 0.164 e. The molecule has 4 nitrogen and oxygen atoms in total. The number of pyridine rings is 1. The zero-order chi connectivity index (χ0) is 44.3. The van der Waals surface area contributed by atoms with Crippen molar-refractivity contribution < 1.29 is 0 Å². The molecule has 0 saturated carbocycles. The van der Waals surface area contributed by atoms with E-state index in [4.69, 9.17) is 19.9 Å². The van der Waals surface area contributed by atoms with Crippen LogP contribution in [-0.4, -0.2) is 19.9 Å². The Morgan fingerprint density at radius 2 is 0.716 bits per heavy atom. The largest absolute Gasteiger partial charge is 0.247 e. The van der Waals surface area contributed by atoms with Crippen molar-refractivity contribution in [1.82, 2.24) is 19.9 Å². The summed E-state index contributed by atoms with van der Waals surface area (Å²) in [5.41, 5.74) is 11.5. The Labute approximate surface area is 391 Å². The molecule has 0 atom stereocenters. The van der Waals surface area contributed by atoms with E-state index in [1.807, 2.05) is 35.6 Å². The van der Waals surface area contributed by atoms with Crippen molar-refractivity contribution in [3.63, 3.8) is 0 Å². The highest BCUT2D eigenvalue weighted by Gasteiger charge is 2.24. The van der Waals surface area contributed by atoms with Crippen LogP contribution in [0.3, 0.4) is 0 Å². The van der Waals surface area contributed by atoms with Gasteiger partial charge in [0.2, 0.25) is 0 Å². The first-order chi connectivity index (χ1) is 33.2. The van der Waals surface area contributed by atoms with E-state index in [2.05, 4.69) is 206 Å². The number of hydrogen-bond acceptors (Lipinski definition) is 5. The maximum atomic E-state index is 5.44. The average Bonchev–Trinajstić information content (AvgIpc) is 3.82. The summed E-state index contributed by atoms with van der Waals surface area (Å²) < 4.78 is 1.22. The molecule has 0 saturated heterocycles. The van der Waals surface area contributed by atoms with E-state index in [0.717, 1.165) is 66.5 Å². The van der Waals surface area contributed by atoms with Gasteiger partial charge in [0.1, 0.15) is 0 Å². The van der Waals surface area contributed by atoms with E-state index < -0.39 is 0 Å². The van der Waals surface area contributed by atoms with Gasteiger partial charge in [-0.2, -0.15) is 0 Å². The van der Waals surface area contributed by atoms with Crippen molar-refractivity contribution in [2.75, 3.05) is 0 Å². The number of para-hydroxylation sites is 1. The lowest BCUT2D eigenvalue weighted by molar-refractivity contribution is 1.07. The van der Waals surface area contributed by atoms with Crippen molar-refractivity contribution in [3.05, 3.63) is 231 Å². The summed E-state index contributed by atoms with van der Waals surface area (Å²) in [6.45, 7) is 0. The van der Waals surface area contributed by atoms with Gasteiger partial charge in [0.05, 0.1) is 11.2 Å². The average molecular weight is 871 g/mol. The molecule has 3 aromatic heterocycles. The van der Waals surface area contributed by atoms with Crippen molar-refractivity contribution in [3.8, 4) is 78.1 Å². The zero-order valence-corrected chi connectivity index (χ0v) is 37.0. The lowest BCUT2D eigenvalue weighted by Crippen LogP contribution is -2.00. The molecule has 3 heterocycles. The molecule has 0 radical (unpaired) electrons. The van der Waals surface area contributed by atoms with Crippen molar-refractivity contribution >= 4 is 64.6 Å². The van der Waals surface area contributed by atoms with Gasteiger partial charge in [-0.15, -0.1) is 11.3 Å². The Bertz CT molecular complexity index is 3980. The third-order valence-corrected chi connectivity index (χ3v) is 14.2. The maximum absolute atomic E-state index is 5.44. The van der Waals surface area contributed by atoms with Crippen molar-refractivity contribution in [2.24, 2.45) is 0 Å². The minimum atomic E-state index is 0.613. The summed E-state index contributed by atoms with van der Waals surface area (Å²) in [7, 11) is 0. The topological polar surface area (TPSA) is 51.6 Å². The van der Waals surface area contributed by atoms with Gasteiger partial charge in [-0.3, -0.25) is 0 Å². The molecule has 0 unspecified atom stereocenters. The Morgan fingerprint density at radius 3 is 1.36 bits per heavy atom. The molecule has 10 aromatic carbocycles. The number of hydrogen-bond donors (Lipinski definition) is 0. The van der Waals surface area contributed by atoms with Crippen LogP contribution in [0.15, 0.2) is 231 Å². The van der Waals surface area contributed by atoms with Gasteiger partial charge in [-0.25, -0.2) is 19.9 Å².